The zero-order valence-corrected chi connectivity index (χ0v) is 8.67. The number of nitrogens with two attached hydrogens (primary N) is 1. The van der Waals surface area contributed by atoms with Gasteiger partial charge < -0.3 is 16.2 Å². The molecule has 0 rings (SSSR count). The summed E-state index contributed by atoms with van der Waals surface area (Å²) < 4.78 is 0. The topological polar surface area (TPSA) is 92.4 Å². The van der Waals surface area contributed by atoms with E-state index in [9.17, 15) is 9.59 Å². The van der Waals surface area contributed by atoms with Gasteiger partial charge in [-0.3, -0.25) is 9.59 Å². The first kappa shape index (κ1) is 12.9. The van der Waals surface area contributed by atoms with E-state index >= 15 is 0 Å². The molecule has 5 heteroatoms. The van der Waals surface area contributed by atoms with E-state index in [0.29, 0.717) is 13.0 Å². The predicted molar refractivity (Wildman–Crippen MR) is 52.8 cm³/mol. The average Bonchev–Trinajstić information content (AvgIpc) is 1.95. The SMILES string of the molecule is CC(C)(CC(N)=O)NCCCC(=O)O. The van der Waals surface area contributed by atoms with Crippen molar-refractivity contribution < 1.29 is 14.7 Å². The fourth-order valence-electron chi connectivity index (χ4n) is 1.16. The van der Waals surface area contributed by atoms with E-state index < -0.39 is 5.97 Å². The first-order valence-corrected chi connectivity index (χ1v) is 4.58. The Morgan fingerprint density at radius 2 is 2.00 bits per heavy atom. The Balaban J connectivity index is 3.65. The summed E-state index contributed by atoms with van der Waals surface area (Å²) in [6.45, 7) is 4.30. The molecule has 0 aliphatic heterocycles. The van der Waals surface area contributed by atoms with E-state index in [1.54, 1.807) is 0 Å². The molecule has 0 bridgehead atoms. The molecule has 0 aromatic rings. The van der Waals surface area contributed by atoms with E-state index in [2.05, 4.69) is 5.32 Å². The van der Waals surface area contributed by atoms with Crippen LogP contribution >= 0.6 is 0 Å². The van der Waals surface area contributed by atoms with Gasteiger partial charge in [0.15, 0.2) is 0 Å². The average molecular weight is 202 g/mol. The summed E-state index contributed by atoms with van der Waals surface area (Å²) in [6.07, 6.45) is 0.942. The van der Waals surface area contributed by atoms with Crippen LogP contribution in [0.2, 0.25) is 0 Å². The zero-order valence-electron chi connectivity index (χ0n) is 8.67. The highest BCUT2D eigenvalue weighted by Crippen LogP contribution is 2.07. The Bertz CT molecular complexity index is 214. The van der Waals surface area contributed by atoms with Crippen LogP contribution < -0.4 is 11.1 Å². The highest BCUT2D eigenvalue weighted by atomic mass is 16.4. The molecule has 0 fully saturated rings. The number of nitrogens with one attached hydrogen (secondary N) is 1. The fourth-order valence-corrected chi connectivity index (χ4v) is 1.16. The first-order chi connectivity index (χ1) is 6.33. The van der Waals surface area contributed by atoms with Crippen molar-refractivity contribution in [3.05, 3.63) is 0 Å². The van der Waals surface area contributed by atoms with Gasteiger partial charge in [0, 0.05) is 18.4 Å². The van der Waals surface area contributed by atoms with Gasteiger partial charge in [0.1, 0.15) is 0 Å². The number of carboxylic acids is 1. The van der Waals surface area contributed by atoms with Crippen molar-refractivity contribution in [1.82, 2.24) is 5.32 Å². The van der Waals surface area contributed by atoms with Gasteiger partial charge in [-0.25, -0.2) is 0 Å². The first-order valence-electron chi connectivity index (χ1n) is 4.58. The molecule has 0 atom stereocenters. The number of amides is 1. The van der Waals surface area contributed by atoms with Crippen LogP contribution in [0, 0.1) is 0 Å². The van der Waals surface area contributed by atoms with Crippen molar-refractivity contribution in [2.24, 2.45) is 5.73 Å². The normalized spacial score (nSPS) is 11.3. The van der Waals surface area contributed by atoms with Gasteiger partial charge in [-0.15, -0.1) is 0 Å². The second-order valence-electron chi connectivity index (χ2n) is 3.95. The monoisotopic (exact) mass is 202 g/mol. The summed E-state index contributed by atoms with van der Waals surface area (Å²) in [5.74, 6) is -1.17. The molecule has 0 unspecified atom stereocenters. The van der Waals surface area contributed by atoms with E-state index in [0.717, 1.165) is 0 Å². The third-order valence-electron chi connectivity index (χ3n) is 1.79. The highest BCUT2D eigenvalue weighted by molar-refractivity contribution is 5.75. The van der Waals surface area contributed by atoms with Crippen LogP contribution in [-0.2, 0) is 9.59 Å². The summed E-state index contributed by atoms with van der Waals surface area (Å²) in [5, 5.41) is 11.5. The van der Waals surface area contributed by atoms with Crippen LogP contribution in [0.5, 0.6) is 0 Å². The minimum Gasteiger partial charge on any atom is -0.481 e. The predicted octanol–water partition coefficient (Wildman–Crippen LogP) is 0.0948. The molecule has 4 N–H and O–H groups in total. The van der Waals surface area contributed by atoms with Gasteiger partial charge in [0.2, 0.25) is 5.91 Å². The summed E-state index contributed by atoms with van der Waals surface area (Å²) in [5.41, 5.74) is 4.70. The van der Waals surface area contributed by atoms with E-state index in [-0.39, 0.29) is 24.3 Å². The molecule has 0 aliphatic rings. The summed E-state index contributed by atoms with van der Waals surface area (Å²) in [7, 11) is 0. The lowest BCUT2D eigenvalue weighted by Crippen LogP contribution is -2.43. The number of hydrogen-bond acceptors (Lipinski definition) is 3. The maximum absolute atomic E-state index is 10.6. The van der Waals surface area contributed by atoms with Crippen LogP contribution in [0.4, 0.5) is 0 Å². The summed E-state index contributed by atoms with van der Waals surface area (Å²) in [4.78, 5) is 20.8. The van der Waals surface area contributed by atoms with Crippen molar-refractivity contribution in [3.8, 4) is 0 Å². The van der Waals surface area contributed by atoms with E-state index in [1.807, 2.05) is 13.8 Å². The molecule has 1 amide bonds. The Kier molecular flexibility index (Phi) is 5.15. The quantitative estimate of drug-likeness (QED) is 0.510. The van der Waals surface area contributed by atoms with Crippen molar-refractivity contribution in [2.45, 2.75) is 38.6 Å². The highest BCUT2D eigenvalue weighted by Gasteiger charge is 2.19. The van der Waals surface area contributed by atoms with Crippen molar-refractivity contribution in [1.29, 1.82) is 0 Å². The fraction of sp³-hybridized carbons (Fsp3) is 0.778. The Morgan fingerprint density at radius 3 is 2.43 bits per heavy atom. The largest absolute Gasteiger partial charge is 0.481 e. The molecule has 82 valence electrons. The van der Waals surface area contributed by atoms with Gasteiger partial charge in [0.05, 0.1) is 0 Å². The molecule has 0 aromatic carbocycles. The van der Waals surface area contributed by atoms with Crippen LogP contribution in [0.1, 0.15) is 33.1 Å². The standard InChI is InChI=1S/C9H18N2O3/c1-9(2,6-7(10)12)11-5-3-4-8(13)14/h11H,3-6H2,1-2H3,(H2,10,12)(H,13,14). The minimum absolute atomic E-state index is 0.139. The van der Waals surface area contributed by atoms with Crippen molar-refractivity contribution in [3.63, 3.8) is 0 Å². The smallest absolute Gasteiger partial charge is 0.303 e. The van der Waals surface area contributed by atoms with Crippen molar-refractivity contribution >= 4 is 11.9 Å². The molecular formula is C9H18N2O3. The molecule has 0 radical (unpaired) electrons. The molecule has 0 heterocycles. The maximum Gasteiger partial charge on any atom is 0.303 e. The van der Waals surface area contributed by atoms with E-state index in [4.69, 9.17) is 10.8 Å². The summed E-state index contributed by atoms with van der Waals surface area (Å²) >= 11 is 0. The third kappa shape index (κ3) is 7.54. The van der Waals surface area contributed by atoms with Crippen LogP contribution in [0.15, 0.2) is 0 Å². The number of hydrogen-bond donors (Lipinski definition) is 3. The Morgan fingerprint density at radius 1 is 1.43 bits per heavy atom. The molecule has 14 heavy (non-hydrogen) atoms. The van der Waals surface area contributed by atoms with Gasteiger partial charge in [-0.2, -0.15) is 0 Å². The molecule has 5 nitrogen and oxygen atoms in total. The van der Waals surface area contributed by atoms with Crippen LogP contribution in [-0.4, -0.2) is 29.1 Å². The van der Waals surface area contributed by atoms with Crippen LogP contribution in [0.3, 0.4) is 0 Å². The molecule has 0 saturated heterocycles. The van der Waals surface area contributed by atoms with Crippen molar-refractivity contribution in [2.75, 3.05) is 6.54 Å². The summed E-state index contributed by atoms with van der Waals surface area (Å²) in [6, 6.07) is 0. The number of carbonyl (C=O) groups excluding carboxylic acids is 1. The lowest BCUT2D eigenvalue weighted by molar-refractivity contribution is -0.137. The van der Waals surface area contributed by atoms with Gasteiger partial charge in [-0.05, 0) is 26.8 Å². The molecule has 0 spiro atoms. The van der Waals surface area contributed by atoms with Gasteiger partial charge in [-0.1, -0.05) is 0 Å². The number of carbonyl (C=O) groups is 2. The maximum atomic E-state index is 10.6. The second-order valence-corrected chi connectivity index (χ2v) is 3.95. The van der Waals surface area contributed by atoms with Gasteiger partial charge in [0.25, 0.3) is 0 Å². The number of rotatable bonds is 7. The lowest BCUT2D eigenvalue weighted by atomic mass is 10.0. The molecule has 0 aromatic heterocycles. The lowest BCUT2D eigenvalue weighted by Gasteiger charge is -2.24. The van der Waals surface area contributed by atoms with E-state index in [1.165, 1.54) is 0 Å². The zero-order chi connectivity index (χ0) is 11.2. The Hall–Kier alpha value is -1.10. The number of carboxylic acid groups (broad SMARTS) is 1. The van der Waals surface area contributed by atoms with Gasteiger partial charge >= 0.3 is 5.97 Å². The second kappa shape index (κ2) is 5.59. The third-order valence-corrected chi connectivity index (χ3v) is 1.79. The molecule has 0 aliphatic carbocycles. The minimum atomic E-state index is -0.806. The molecule has 0 saturated carbocycles. The number of primary amides is 1. The van der Waals surface area contributed by atoms with Crippen LogP contribution in [0.25, 0.3) is 0 Å². The molecular weight excluding hydrogens is 184 g/mol. The Labute approximate surface area is 83.7 Å². The number of aliphatic carboxylic acids is 1.